The van der Waals surface area contributed by atoms with Gasteiger partial charge in [-0.15, -0.1) is 0 Å². The van der Waals surface area contributed by atoms with Crippen molar-refractivity contribution >= 4 is 49.6 Å². The molecule has 8 aromatic carbocycles. The fourth-order valence-corrected chi connectivity index (χ4v) is 9.37. The van der Waals surface area contributed by atoms with Crippen LogP contribution in [-0.4, -0.2) is 4.57 Å². The highest BCUT2D eigenvalue weighted by Gasteiger charge is 2.39. The zero-order valence-corrected chi connectivity index (χ0v) is 32.6. The van der Waals surface area contributed by atoms with Crippen LogP contribution < -0.4 is 4.90 Å². The first-order valence-corrected chi connectivity index (χ1v) is 20.0. The molecule has 56 heavy (non-hydrogen) atoms. The molecule has 0 aliphatic heterocycles. The zero-order valence-electron chi connectivity index (χ0n) is 32.6. The second-order valence-corrected chi connectivity index (χ2v) is 16.8. The van der Waals surface area contributed by atoms with Crippen molar-refractivity contribution in [2.75, 3.05) is 4.90 Å². The number of fused-ring (bicyclic) bond motifs is 5. The summed E-state index contributed by atoms with van der Waals surface area (Å²) in [4.78, 5) is 2.45. The molecule has 0 fully saturated rings. The quantitative estimate of drug-likeness (QED) is 0.166. The topological polar surface area (TPSA) is 8.17 Å². The van der Waals surface area contributed by atoms with E-state index in [9.17, 15) is 0 Å². The van der Waals surface area contributed by atoms with Gasteiger partial charge < -0.3 is 9.47 Å². The standard InChI is InChI=1S/C54H46N2/c1-53(2)33-34-54(3,4)52-47(53)21-14-24-50(52)56-49-23-13-11-20-45(49)46-32-31-43(36-51(46)56)55(42-29-27-39(28-30-42)37-15-6-5-7-16-37)48-22-12-10-19-44(48)41-26-25-38-17-8-9-18-40(38)35-41/h5-32,35-36H,33-34H2,1-4H3. The fraction of sp³-hybridized carbons (Fsp3) is 0.148. The Labute approximate surface area is 330 Å². The summed E-state index contributed by atoms with van der Waals surface area (Å²) in [5, 5.41) is 5.02. The SMILES string of the molecule is CC1(C)CCC(C)(C)c2c(-n3c4ccccc4c4ccc(N(c5ccc(-c6ccccc6)cc5)c5ccccc5-c5ccc6ccccc6c5)cc43)cccc21. The van der Waals surface area contributed by atoms with Crippen LogP contribution in [0.1, 0.15) is 51.7 Å². The minimum Gasteiger partial charge on any atom is -0.310 e. The van der Waals surface area contributed by atoms with Gasteiger partial charge in [0.1, 0.15) is 0 Å². The van der Waals surface area contributed by atoms with Crippen LogP contribution in [0.2, 0.25) is 0 Å². The van der Waals surface area contributed by atoms with E-state index in [-0.39, 0.29) is 10.8 Å². The van der Waals surface area contributed by atoms with Gasteiger partial charge in [0, 0.05) is 27.7 Å². The van der Waals surface area contributed by atoms with Gasteiger partial charge in [0.2, 0.25) is 0 Å². The first kappa shape index (κ1) is 34.1. The van der Waals surface area contributed by atoms with Gasteiger partial charge in [-0.3, -0.25) is 0 Å². The summed E-state index contributed by atoms with van der Waals surface area (Å²) < 4.78 is 2.56. The molecule has 2 heteroatoms. The molecule has 272 valence electrons. The van der Waals surface area contributed by atoms with Crippen molar-refractivity contribution in [3.8, 4) is 27.9 Å². The lowest BCUT2D eigenvalue weighted by Crippen LogP contribution is -2.35. The van der Waals surface area contributed by atoms with E-state index >= 15 is 0 Å². The normalized spacial score (nSPS) is 14.6. The Kier molecular flexibility index (Phi) is 8.01. The van der Waals surface area contributed by atoms with Crippen molar-refractivity contribution in [1.82, 2.24) is 4.57 Å². The second-order valence-electron chi connectivity index (χ2n) is 16.8. The van der Waals surface area contributed by atoms with Crippen molar-refractivity contribution in [3.05, 3.63) is 193 Å². The van der Waals surface area contributed by atoms with Gasteiger partial charge in [-0.1, -0.05) is 161 Å². The number of rotatable bonds is 6. The van der Waals surface area contributed by atoms with Crippen LogP contribution in [0.15, 0.2) is 182 Å². The van der Waals surface area contributed by atoms with Crippen molar-refractivity contribution in [3.63, 3.8) is 0 Å². The molecule has 0 N–H and O–H groups in total. The Morgan fingerprint density at radius 3 is 1.93 bits per heavy atom. The molecule has 0 spiro atoms. The highest BCUT2D eigenvalue weighted by Crippen LogP contribution is 2.50. The van der Waals surface area contributed by atoms with Gasteiger partial charge in [0.05, 0.1) is 22.4 Å². The van der Waals surface area contributed by atoms with E-state index in [2.05, 4.69) is 219 Å². The van der Waals surface area contributed by atoms with Crippen LogP contribution >= 0.6 is 0 Å². The van der Waals surface area contributed by atoms with Crippen molar-refractivity contribution in [2.45, 2.75) is 51.4 Å². The summed E-state index contributed by atoms with van der Waals surface area (Å²) in [7, 11) is 0. The number of anilines is 3. The van der Waals surface area contributed by atoms with Gasteiger partial charge >= 0.3 is 0 Å². The summed E-state index contributed by atoms with van der Waals surface area (Å²) >= 11 is 0. The van der Waals surface area contributed by atoms with Crippen LogP contribution in [-0.2, 0) is 10.8 Å². The van der Waals surface area contributed by atoms with Gasteiger partial charge in [-0.05, 0) is 111 Å². The van der Waals surface area contributed by atoms with Gasteiger partial charge in [-0.2, -0.15) is 0 Å². The van der Waals surface area contributed by atoms with Crippen LogP contribution in [0, 0.1) is 0 Å². The molecule has 10 rings (SSSR count). The van der Waals surface area contributed by atoms with E-state index < -0.39 is 0 Å². The van der Waals surface area contributed by atoms with E-state index in [1.165, 1.54) is 78.1 Å². The molecule has 0 radical (unpaired) electrons. The summed E-state index contributed by atoms with van der Waals surface area (Å²) in [5.74, 6) is 0. The van der Waals surface area contributed by atoms with E-state index in [0.29, 0.717) is 0 Å². The molecule has 1 heterocycles. The number of hydrogen-bond acceptors (Lipinski definition) is 1. The second kappa shape index (κ2) is 13.1. The summed E-state index contributed by atoms with van der Waals surface area (Å²) in [6, 6.07) is 67.1. The van der Waals surface area contributed by atoms with Gasteiger partial charge in [0.15, 0.2) is 0 Å². The molecule has 1 aliphatic carbocycles. The Hall–Kier alpha value is -6.38. The lowest BCUT2D eigenvalue weighted by Gasteiger charge is -2.43. The van der Waals surface area contributed by atoms with E-state index in [1.54, 1.807) is 0 Å². The average molecular weight is 723 g/mol. The van der Waals surface area contributed by atoms with Crippen LogP contribution in [0.4, 0.5) is 17.1 Å². The lowest BCUT2D eigenvalue weighted by molar-refractivity contribution is 0.331. The average Bonchev–Trinajstić information content (AvgIpc) is 3.56. The van der Waals surface area contributed by atoms with E-state index in [1.807, 2.05) is 0 Å². The maximum atomic E-state index is 2.56. The molecular weight excluding hydrogens is 677 g/mol. The molecule has 0 unspecified atom stereocenters. The number of para-hydroxylation sites is 2. The maximum absolute atomic E-state index is 2.56. The third-order valence-corrected chi connectivity index (χ3v) is 12.4. The summed E-state index contributed by atoms with van der Waals surface area (Å²) in [6.45, 7) is 9.72. The van der Waals surface area contributed by atoms with Gasteiger partial charge in [-0.25, -0.2) is 0 Å². The van der Waals surface area contributed by atoms with Crippen LogP contribution in [0.3, 0.4) is 0 Å². The molecule has 0 saturated carbocycles. The predicted molar refractivity (Wildman–Crippen MR) is 239 cm³/mol. The molecule has 1 aliphatic rings. The fourth-order valence-electron chi connectivity index (χ4n) is 9.37. The maximum Gasteiger partial charge on any atom is 0.0562 e. The number of hydrogen-bond donors (Lipinski definition) is 0. The Morgan fingerprint density at radius 2 is 1.09 bits per heavy atom. The minimum atomic E-state index is 0.0437. The molecule has 2 nitrogen and oxygen atoms in total. The molecular formula is C54H46N2. The van der Waals surface area contributed by atoms with Gasteiger partial charge in [0.25, 0.3) is 0 Å². The Balaban J connectivity index is 1.23. The van der Waals surface area contributed by atoms with Crippen molar-refractivity contribution in [1.29, 1.82) is 0 Å². The van der Waals surface area contributed by atoms with Crippen LogP contribution in [0.5, 0.6) is 0 Å². The molecule has 1 aromatic heterocycles. The highest BCUT2D eigenvalue weighted by molar-refractivity contribution is 6.11. The molecule has 0 bridgehead atoms. The molecule has 0 amide bonds. The number of nitrogens with zero attached hydrogens (tertiary/aromatic N) is 2. The Bertz CT molecular complexity index is 2910. The first-order valence-electron chi connectivity index (χ1n) is 20.0. The zero-order chi connectivity index (χ0) is 38.0. The van der Waals surface area contributed by atoms with Crippen LogP contribution in [0.25, 0.3) is 60.5 Å². The summed E-state index contributed by atoms with van der Waals surface area (Å²) in [5.41, 5.74) is 15.0. The molecule has 0 saturated heterocycles. The molecule has 0 atom stereocenters. The van der Waals surface area contributed by atoms with Crippen molar-refractivity contribution < 1.29 is 0 Å². The largest absolute Gasteiger partial charge is 0.310 e. The number of benzene rings is 8. The third-order valence-electron chi connectivity index (χ3n) is 12.4. The van der Waals surface area contributed by atoms with Crippen molar-refractivity contribution in [2.24, 2.45) is 0 Å². The Morgan fingerprint density at radius 1 is 0.446 bits per heavy atom. The van der Waals surface area contributed by atoms with E-state index in [0.717, 1.165) is 23.5 Å². The van der Waals surface area contributed by atoms with E-state index in [4.69, 9.17) is 0 Å². The molecule has 9 aromatic rings. The highest BCUT2D eigenvalue weighted by atomic mass is 15.1. The first-order chi connectivity index (χ1) is 27.3. The predicted octanol–water partition coefficient (Wildman–Crippen LogP) is 15.1. The monoisotopic (exact) mass is 722 g/mol. The third kappa shape index (κ3) is 5.63. The smallest absolute Gasteiger partial charge is 0.0562 e. The summed E-state index contributed by atoms with van der Waals surface area (Å²) in [6.07, 6.45) is 2.34. The minimum absolute atomic E-state index is 0.0437. The number of aromatic nitrogens is 1. The lowest BCUT2D eigenvalue weighted by atomic mass is 9.62.